The Morgan fingerprint density at radius 2 is 1.79 bits per heavy atom. The predicted molar refractivity (Wildman–Crippen MR) is 99.1 cm³/mol. The standard InChI is InChI=1S/C19H23N5/c1-15-23-17-10-6-7-11-18(17)24(15)13-12-21-19(20-2)22-14-16-8-4-3-5-9-16/h3-11H,12-14H2,1-2H3,(H2,20,21,22). The van der Waals surface area contributed by atoms with Crippen molar-refractivity contribution in [3.63, 3.8) is 0 Å². The van der Waals surface area contributed by atoms with Crippen LogP contribution in [0.1, 0.15) is 11.4 Å². The Morgan fingerprint density at radius 3 is 2.58 bits per heavy atom. The SMILES string of the molecule is CN=C(NCCn1c(C)nc2ccccc21)NCc1ccccc1. The lowest BCUT2D eigenvalue weighted by atomic mass is 10.2. The highest BCUT2D eigenvalue weighted by molar-refractivity contribution is 5.79. The summed E-state index contributed by atoms with van der Waals surface area (Å²) in [6.07, 6.45) is 0. The van der Waals surface area contributed by atoms with Gasteiger partial charge in [-0.15, -0.1) is 0 Å². The summed E-state index contributed by atoms with van der Waals surface area (Å²) < 4.78 is 2.23. The number of nitrogens with zero attached hydrogens (tertiary/aromatic N) is 3. The van der Waals surface area contributed by atoms with Crippen LogP contribution in [0.4, 0.5) is 0 Å². The number of hydrogen-bond acceptors (Lipinski definition) is 2. The molecule has 124 valence electrons. The molecule has 5 nitrogen and oxygen atoms in total. The smallest absolute Gasteiger partial charge is 0.191 e. The number of guanidine groups is 1. The molecule has 0 amide bonds. The molecule has 1 heterocycles. The Labute approximate surface area is 142 Å². The van der Waals surface area contributed by atoms with Crippen LogP contribution < -0.4 is 10.6 Å². The fourth-order valence-electron chi connectivity index (χ4n) is 2.77. The zero-order valence-electron chi connectivity index (χ0n) is 14.2. The van der Waals surface area contributed by atoms with Crippen molar-refractivity contribution in [1.29, 1.82) is 0 Å². The Bertz CT molecular complexity index is 820. The van der Waals surface area contributed by atoms with Gasteiger partial charge in [-0.1, -0.05) is 42.5 Å². The van der Waals surface area contributed by atoms with E-state index in [1.807, 2.05) is 43.3 Å². The Hall–Kier alpha value is -2.82. The molecule has 0 bridgehead atoms. The molecule has 3 rings (SSSR count). The number of para-hydroxylation sites is 2. The van der Waals surface area contributed by atoms with E-state index < -0.39 is 0 Å². The molecule has 1 aromatic heterocycles. The predicted octanol–water partition coefficient (Wildman–Crippen LogP) is 2.71. The second kappa shape index (κ2) is 7.64. The minimum absolute atomic E-state index is 0.757. The molecule has 0 spiro atoms. The van der Waals surface area contributed by atoms with E-state index >= 15 is 0 Å². The normalized spacial score (nSPS) is 11.7. The topological polar surface area (TPSA) is 54.2 Å². The molecule has 0 saturated carbocycles. The Morgan fingerprint density at radius 1 is 1.04 bits per heavy atom. The number of rotatable bonds is 5. The largest absolute Gasteiger partial charge is 0.355 e. The number of imidazole rings is 1. The van der Waals surface area contributed by atoms with Gasteiger partial charge in [-0.25, -0.2) is 4.98 Å². The highest BCUT2D eigenvalue weighted by atomic mass is 15.2. The van der Waals surface area contributed by atoms with Gasteiger partial charge in [-0.3, -0.25) is 4.99 Å². The molecule has 0 unspecified atom stereocenters. The number of hydrogen-bond donors (Lipinski definition) is 2. The lowest BCUT2D eigenvalue weighted by Crippen LogP contribution is -2.38. The first-order valence-electron chi connectivity index (χ1n) is 8.18. The maximum absolute atomic E-state index is 4.60. The van der Waals surface area contributed by atoms with Gasteiger partial charge < -0.3 is 15.2 Å². The van der Waals surface area contributed by atoms with E-state index in [2.05, 4.69) is 43.4 Å². The van der Waals surface area contributed by atoms with Crippen LogP contribution in [0.25, 0.3) is 11.0 Å². The third-order valence-corrected chi connectivity index (χ3v) is 4.00. The van der Waals surface area contributed by atoms with E-state index in [-0.39, 0.29) is 0 Å². The van der Waals surface area contributed by atoms with Crippen LogP contribution in [-0.4, -0.2) is 29.1 Å². The van der Waals surface area contributed by atoms with Gasteiger partial charge in [0.1, 0.15) is 5.82 Å². The van der Waals surface area contributed by atoms with Crippen molar-refractivity contribution >= 4 is 17.0 Å². The lowest BCUT2D eigenvalue weighted by molar-refractivity contribution is 0.660. The summed E-state index contributed by atoms with van der Waals surface area (Å²) in [5.41, 5.74) is 3.45. The summed E-state index contributed by atoms with van der Waals surface area (Å²) in [4.78, 5) is 8.87. The quantitative estimate of drug-likeness (QED) is 0.561. The number of nitrogens with one attached hydrogen (secondary N) is 2. The average Bonchev–Trinajstić information content (AvgIpc) is 2.94. The molecule has 0 radical (unpaired) electrons. The molecule has 0 aliphatic carbocycles. The zero-order chi connectivity index (χ0) is 16.8. The van der Waals surface area contributed by atoms with Crippen molar-refractivity contribution in [3.8, 4) is 0 Å². The first-order chi connectivity index (χ1) is 11.8. The first-order valence-corrected chi connectivity index (χ1v) is 8.18. The zero-order valence-corrected chi connectivity index (χ0v) is 14.2. The highest BCUT2D eigenvalue weighted by Gasteiger charge is 2.06. The molecule has 0 saturated heterocycles. The number of benzene rings is 2. The summed E-state index contributed by atoms with van der Waals surface area (Å²) in [5.74, 6) is 1.84. The maximum atomic E-state index is 4.60. The molecule has 0 atom stereocenters. The molecular formula is C19H23N5. The summed E-state index contributed by atoms with van der Waals surface area (Å²) in [6, 6.07) is 18.5. The number of aliphatic imine (C=N–C) groups is 1. The van der Waals surface area contributed by atoms with E-state index in [0.717, 1.165) is 36.9 Å². The Kier molecular flexibility index (Phi) is 5.11. The van der Waals surface area contributed by atoms with Crippen LogP contribution in [0.5, 0.6) is 0 Å². The van der Waals surface area contributed by atoms with Gasteiger partial charge in [0.25, 0.3) is 0 Å². The van der Waals surface area contributed by atoms with E-state index in [0.29, 0.717) is 0 Å². The molecule has 0 aliphatic rings. The summed E-state index contributed by atoms with van der Waals surface area (Å²) in [5, 5.41) is 6.69. The minimum atomic E-state index is 0.757. The maximum Gasteiger partial charge on any atom is 0.191 e. The van der Waals surface area contributed by atoms with Crippen LogP contribution >= 0.6 is 0 Å². The fraction of sp³-hybridized carbons (Fsp3) is 0.263. The second-order valence-electron chi connectivity index (χ2n) is 5.64. The number of aromatic nitrogens is 2. The van der Waals surface area contributed by atoms with Crippen molar-refractivity contribution in [3.05, 3.63) is 66.0 Å². The second-order valence-corrected chi connectivity index (χ2v) is 5.64. The Balaban J connectivity index is 1.55. The van der Waals surface area contributed by atoms with Crippen LogP contribution in [0, 0.1) is 6.92 Å². The fourth-order valence-corrected chi connectivity index (χ4v) is 2.77. The van der Waals surface area contributed by atoms with Crippen LogP contribution in [0.15, 0.2) is 59.6 Å². The van der Waals surface area contributed by atoms with Crippen molar-refractivity contribution in [1.82, 2.24) is 20.2 Å². The van der Waals surface area contributed by atoms with E-state index in [4.69, 9.17) is 0 Å². The van der Waals surface area contributed by atoms with Gasteiger partial charge >= 0.3 is 0 Å². The van der Waals surface area contributed by atoms with Gasteiger partial charge in [0.15, 0.2) is 5.96 Å². The summed E-state index contributed by atoms with van der Waals surface area (Å²) in [7, 11) is 1.79. The molecule has 3 aromatic rings. The molecular weight excluding hydrogens is 298 g/mol. The van der Waals surface area contributed by atoms with E-state index in [1.54, 1.807) is 7.05 Å². The van der Waals surface area contributed by atoms with Crippen molar-refractivity contribution in [2.45, 2.75) is 20.0 Å². The molecule has 2 aromatic carbocycles. The van der Waals surface area contributed by atoms with Gasteiger partial charge in [0, 0.05) is 26.7 Å². The van der Waals surface area contributed by atoms with E-state index in [1.165, 1.54) is 11.1 Å². The van der Waals surface area contributed by atoms with Crippen molar-refractivity contribution < 1.29 is 0 Å². The minimum Gasteiger partial charge on any atom is -0.355 e. The summed E-state index contributed by atoms with van der Waals surface area (Å²) in [6.45, 7) is 4.43. The number of aryl methyl sites for hydroxylation is 1. The number of fused-ring (bicyclic) bond motifs is 1. The van der Waals surface area contributed by atoms with E-state index in [9.17, 15) is 0 Å². The molecule has 24 heavy (non-hydrogen) atoms. The molecule has 0 aliphatic heterocycles. The molecule has 2 N–H and O–H groups in total. The van der Waals surface area contributed by atoms with Gasteiger partial charge in [0.05, 0.1) is 11.0 Å². The highest BCUT2D eigenvalue weighted by Crippen LogP contribution is 2.14. The van der Waals surface area contributed by atoms with Gasteiger partial charge in [0.2, 0.25) is 0 Å². The van der Waals surface area contributed by atoms with Gasteiger partial charge in [-0.05, 0) is 24.6 Å². The van der Waals surface area contributed by atoms with Crippen molar-refractivity contribution in [2.24, 2.45) is 4.99 Å². The molecule has 5 heteroatoms. The summed E-state index contributed by atoms with van der Waals surface area (Å²) >= 11 is 0. The monoisotopic (exact) mass is 321 g/mol. The lowest BCUT2D eigenvalue weighted by Gasteiger charge is -2.13. The van der Waals surface area contributed by atoms with Crippen LogP contribution in [0.3, 0.4) is 0 Å². The van der Waals surface area contributed by atoms with Crippen LogP contribution in [-0.2, 0) is 13.1 Å². The first kappa shape index (κ1) is 16.1. The van der Waals surface area contributed by atoms with Gasteiger partial charge in [-0.2, -0.15) is 0 Å². The third kappa shape index (κ3) is 3.74. The molecule has 0 fully saturated rings. The van der Waals surface area contributed by atoms with Crippen LogP contribution in [0.2, 0.25) is 0 Å². The van der Waals surface area contributed by atoms with Crippen molar-refractivity contribution in [2.75, 3.05) is 13.6 Å². The average molecular weight is 321 g/mol. The third-order valence-electron chi connectivity index (χ3n) is 4.00.